The van der Waals surface area contributed by atoms with Crippen molar-refractivity contribution in [1.29, 1.82) is 0 Å². The summed E-state index contributed by atoms with van der Waals surface area (Å²) in [6.07, 6.45) is 0. The fourth-order valence-corrected chi connectivity index (χ4v) is 3.19. The normalized spacial score (nSPS) is 10.7. The van der Waals surface area contributed by atoms with E-state index in [0.29, 0.717) is 16.5 Å². The van der Waals surface area contributed by atoms with Crippen LogP contribution in [0.25, 0.3) is 22.4 Å². The van der Waals surface area contributed by atoms with Crippen LogP contribution in [-0.4, -0.2) is 27.9 Å². The number of halogens is 1. The van der Waals surface area contributed by atoms with E-state index < -0.39 is 10.8 Å². The van der Waals surface area contributed by atoms with Gasteiger partial charge in [0.2, 0.25) is 0 Å². The number of nitrogens with zero attached hydrogens (tertiary/aromatic N) is 2. The van der Waals surface area contributed by atoms with Crippen molar-refractivity contribution in [3.05, 3.63) is 81.4 Å². The summed E-state index contributed by atoms with van der Waals surface area (Å²) in [4.78, 5) is 31.0. The molecule has 0 radical (unpaired) electrons. The average molecular weight is 423 g/mol. The Morgan fingerprint density at radius 2 is 1.97 bits per heavy atom. The maximum atomic E-state index is 12.7. The highest BCUT2D eigenvalue weighted by Crippen LogP contribution is 2.31. The molecule has 0 saturated heterocycles. The fourth-order valence-electron chi connectivity index (χ4n) is 3.03. The highest BCUT2D eigenvalue weighted by Gasteiger charge is 2.19. The van der Waals surface area contributed by atoms with E-state index in [2.05, 4.69) is 15.3 Å². The molecule has 1 amide bonds. The van der Waals surface area contributed by atoms with E-state index in [0.717, 1.165) is 22.7 Å². The minimum Gasteiger partial charge on any atom is -0.490 e. The number of imidazole rings is 1. The van der Waals surface area contributed by atoms with Gasteiger partial charge in [0.05, 0.1) is 33.8 Å². The topological polar surface area (TPSA) is 110 Å². The summed E-state index contributed by atoms with van der Waals surface area (Å²) in [5.41, 5.74) is 2.60. The third-order valence-corrected chi connectivity index (χ3v) is 4.84. The summed E-state index contributed by atoms with van der Waals surface area (Å²) in [5.74, 6) is 0.161. The minimum absolute atomic E-state index is 0.0708. The second-order valence-corrected chi connectivity index (χ2v) is 6.80. The molecule has 0 aliphatic rings. The molecule has 8 nitrogen and oxygen atoms in total. The summed E-state index contributed by atoms with van der Waals surface area (Å²) in [6, 6.07) is 16.7. The number of ether oxygens (including phenoxy) is 1. The third kappa shape index (κ3) is 3.68. The van der Waals surface area contributed by atoms with Gasteiger partial charge in [-0.05, 0) is 42.5 Å². The molecule has 9 heteroatoms. The second kappa shape index (κ2) is 7.84. The lowest BCUT2D eigenvalue weighted by atomic mass is 10.1. The molecule has 4 aromatic rings. The molecular weight excluding hydrogens is 408 g/mol. The van der Waals surface area contributed by atoms with Gasteiger partial charge in [0.15, 0.2) is 5.75 Å². The van der Waals surface area contributed by atoms with Crippen molar-refractivity contribution in [2.75, 3.05) is 12.4 Å². The number of nitro groups is 1. The maximum absolute atomic E-state index is 12.7. The minimum atomic E-state index is -0.606. The van der Waals surface area contributed by atoms with Crippen molar-refractivity contribution in [1.82, 2.24) is 9.97 Å². The number of benzene rings is 3. The molecule has 0 fully saturated rings. The number of methoxy groups -OCH3 is 1. The van der Waals surface area contributed by atoms with Gasteiger partial charge in [0.25, 0.3) is 5.91 Å². The van der Waals surface area contributed by atoms with Gasteiger partial charge in [0, 0.05) is 17.2 Å². The number of para-hydroxylation sites is 2. The number of rotatable bonds is 5. The van der Waals surface area contributed by atoms with E-state index >= 15 is 0 Å². The van der Waals surface area contributed by atoms with Gasteiger partial charge in [-0.1, -0.05) is 23.7 Å². The van der Waals surface area contributed by atoms with E-state index in [-0.39, 0.29) is 17.0 Å². The van der Waals surface area contributed by atoms with Crippen LogP contribution in [0.3, 0.4) is 0 Å². The van der Waals surface area contributed by atoms with Gasteiger partial charge in [-0.25, -0.2) is 4.98 Å². The molecule has 0 aliphatic heterocycles. The molecule has 30 heavy (non-hydrogen) atoms. The number of carbonyl (C=O) groups excluding carboxylic acids is 1. The molecule has 0 saturated carbocycles. The van der Waals surface area contributed by atoms with Gasteiger partial charge in [0.1, 0.15) is 5.82 Å². The van der Waals surface area contributed by atoms with Crippen molar-refractivity contribution >= 4 is 39.9 Å². The lowest BCUT2D eigenvalue weighted by molar-refractivity contribution is -0.385. The highest BCUT2D eigenvalue weighted by molar-refractivity contribution is 6.34. The largest absolute Gasteiger partial charge is 0.490 e. The number of fused-ring (bicyclic) bond motifs is 1. The number of anilines is 1. The molecule has 0 unspecified atom stereocenters. The summed E-state index contributed by atoms with van der Waals surface area (Å²) in [6.45, 7) is 0. The quantitative estimate of drug-likeness (QED) is 0.345. The van der Waals surface area contributed by atoms with E-state index in [1.807, 2.05) is 24.3 Å². The number of H-pyrrole nitrogens is 1. The van der Waals surface area contributed by atoms with Crippen LogP contribution < -0.4 is 10.1 Å². The SMILES string of the molecule is COc1ccc(C(=O)Nc2cc(-c3nc4ccccc4[nH]3)ccc2Cl)cc1[N+](=O)[O-]. The molecule has 2 N–H and O–H groups in total. The standard InChI is InChI=1S/C21H15ClN4O4/c1-30-19-9-7-13(11-18(19)26(28)29)21(27)25-17-10-12(6-8-14(17)22)20-23-15-4-2-3-5-16(15)24-20/h2-11H,1H3,(H,23,24)(H,25,27). The first-order valence-electron chi connectivity index (χ1n) is 8.84. The second-order valence-electron chi connectivity index (χ2n) is 6.40. The van der Waals surface area contributed by atoms with Crippen LogP contribution in [0.15, 0.2) is 60.7 Å². The number of nitro benzene ring substituents is 1. The Kier molecular flexibility index (Phi) is 5.07. The monoisotopic (exact) mass is 422 g/mol. The molecule has 0 atom stereocenters. The molecule has 150 valence electrons. The van der Waals surface area contributed by atoms with E-state index in [4.69, 9.17) is 16.3 Å². The molecule has 1 heterocycles. The lowest BCUT2D eigenvalue weighted by Crippen LogP contribution is -2.13. The van der Waals surface area contributed by atoms with Crippen molar-refractivity contribution in [2.24, 2.45) is 0 Å². The first-order valence-corrected chi connectivity index (χ1v) is 9.22. The molecule has 0 spiro atoms. The Morgan fingerprint density at radius 1 is 1.17 bits per heavy atom. The van der Waals surface area contributed by atoms with Crippen LogP contribution in [-0.2, 0) is 0 Å². The van der Waals surface area contributed by atoms with Crippen LogP contribution in [0.4, 0.5) is 11.4 Å². The third-order valence-electron chi connectivity index (χ3n) is 4.52. The van der Waals surface area contributed by atoms with Crippen LogP contribution in [0.2, 0.25) is 5.02 Å². The van der Waals surface area contributed by atoms with Gasteiger partial charge < -0.3 is 15.0 Å². The summed E-state index contributed by atoms with van der Waals surface area (Å²) in [5, 5.41) is 14.2. The number of hydrogen-bond donors (Lipinski definition) is 2. The Balaban J connectivity index is 1.65. The number of aromatic nitrogens is 2. The van der Waals surface area contributed by atoms with Crippen LogP contribution in [0, 0.1) is 10.1 Å². The van der Waals surface area contributed by atoms with Crippen molar-refractivity contribution in [3.8, 4) is 17.1 Å². The van der Waals surface area contributed by atoms with Gasteiger partial charge in [-0.15, -0.1) is 0 Å². The van der Waals surface area contributed by atoms with Crippen LogP contribution in [0.5, 0.6) is 5.75 Å². The van der Waals surface area contributed by atoms with Crippen LogP contribution >= 0.6 is 11.6 Å². The zero-order valence-corrected chi connectivity index (χ0v) is 16.4. The van der Waals surface area contributed by atoms with Gasteiger partial charge in [-0.2, -0.15) is 0 Å². The van der Waals surface area contributed by atoms with Crippen molar-refractivity contribution in [3.63, 3.8) is 0 Å². The van der Waals surface area contributed by atoms with Gasteiger partial charge >= 0.3 is 5.69 Å². The summed E-state index contributed by atoms with van der Waals surface area (Å²) >= 11 is 6.25. The molecule has 0 bridgehead atoms. The highest BCUT2D eigenvalue weighted by atomic mass is 35.5. The smallest absolute Gasteiger partial charge is 0.311 e. The molecule has 0 aliphatic carbocycles. The summed E-state index contributed by atoms with van der Waals surface area (Å²) < 4.78 is 4.96. The van der Waals surface area contributed by atoms with E-state index in [1.54, 1.807) is 18.2 Å². The molecule has 4 rings (SSSR count). The Morgan fingerprint density at radius 3 is 2.70 bits per heavy atom. The van der Waals surface area contributed by atoms with E-state index in [9.17, 15) is 14.9 Å². The lowest BCUT2D eigenvalue weighted by Gasteiger charge is -2.10. The number of nitrogens with one attached hydrogen (secondary N) is 2. The summed E-state index contributed by atoms with van der Waals surface area (Å²) in [7, 11) is 1.32. The predicted molar refractivity (Wildman–Crippen MR) is 114 cm³/mol. The van der Waals surface area contributed by atoms with Crippen LogP contribution in [0.1, 0.15) is 10.4 Å². The Hall–Kier alpha value is -3.91. The fraction of sp³-hybridized carbons (Fsp3) is 0.0476. The van der Waals surface area contributed by atoms with Crippen molar-refractivity contribution in [2.45, 2.75) is 0 Å². The molecule has 3 aromatic carbocycles. The number of carbonyl (C=O) groups is 1. The number of aromatic amines is 1. The predicted octanol–water partition coefficient (Wildman–Crippen LogP) is 5.05. The van der Waals surface area contributed by atoms with E-state index in [1.165, 1.54) is 19.2 Å². The molecule has 1 aromatic heterocycles. The zero-order chi connectivity index (χ0) is 21.3. The maximum Gasteiger partial charge on any atom is 0.311 e. The van der Waals surface area contributed by atoms with Crippen molar-refractivity contribution < 1.29 is 14.5 Å². The first-order chi connectivity index (χ1) is 14.5. The first kappa shape index (κ1) is 19.4. The molecular formula is C21H15ClN4O4. The Labute approximate surface area is 175 Å². The average Bonchev–Trinajstić information content (AvgIpc) is 3.19. The Bertz CT molecular complexity index is 1250. The zero-order valence-electron chi connectivity index (χ0n) is 15.7. The number of amides is 1. The van der Waals surface area contributed by atoms with Gasteiger partial charge in [-0.3, -0.25) is 14.9 Å². The number of hydrogen-bond acceptors (Lipinski definition) is 5.